The minimum Gasteiger partial charge on any atom is -0.464 e. The van der Waals surface area contributed by atoms with Crippen LogP contribution in [0.15, 0.2) is 22.7 Å². The second-order valence-corrected chi connectivity index (χ2v) is 4.36. The van der Waals surface area contributed by atoms with E-state index in [1.165, 1.54) is 13.2 Å². The molecule has 1 aromatic heterocycles. The lowest BCUT2D eigenvalue weighted by Gasteiger charge is -2.05. The predicted octanol–water partition coefficient (Wildman–Crippen LogP) is 3.74. The van der Waals surface area contributed by atoms with Gasteiger partial charge in [0.05, 0.1) is 17.1 Å². The first-order valence-corrected chi connectivity index (χ1v) is 5.60. The molecule has 1 heterocycles. The summed E-state index contributed by atoms with van der Waals surface area (Å²) >= 11 is 3.09. The number of fused-ring (bicyclic) bond motifs is 1. The van der Waals surface area contributed by atoms with Gasteiger partial charge in [-0.25, -0.2) is 4.79 Å². The van der Waals surface area contributed by atoms with E-state index in [2.05, 4.69) is 25.7 Å². The molecule has 0 saturated carbocycles. The molecule has 0 amide bonds. The van der Waals surface area contributed by atoms with Crippen LogP contribution in [0.1, 0.15) is 16.1 Å². The first-order chi connectivity index (χ1) is 8.34. The van der Waals surface area contributed by atoms with E-state index >= 15 is 0 Å². The Balaban J connectivity index is 2.64. The van der Waals surface area contributed by atoms with Gasteiger partial charge in [-0.1, -0.05) is 0 Å². The van der Waals surface area contributed by atoms with Gasteiger partial charge in [-0.15, -0.1) is 0 Å². The maximum Gasteiger partial charge on any atom is 0.416 e. The van der Waals surface area contributed by atoms with E-state index < -0.39 is 17.7 Å². The number of aromatic nitrogens is 1. The zero-order valence-corrected chi connectivity index (χ0v) is 10.6. The molecular formula is C11H7BrF3NO2. The van der Waals surface area contributed by atoms with Gasteiger partial charge < -0.3 is 9.72 Å². The molecule has 0 fully saturated rings. The predicted molar refractivity (Wildman–Crippen MR) is 62.3 cm³/mol. The Morgan fingerprint density at radius 2 is 2.06 bits per heavy atom. The van der Waals surface area contributed by atoms with E-state index in [0.29, 0.717) is 5.52 Å². The molecule has 7 heteroatoms. The van der Waals surface area contributed by atoms with Crippen molar-refractivity contribution < 1.29 is 22.7 Å². The quantitative estimate of drug-likeness (QED) is 0.813. The highest BCUT2D eigenvalue weighted by molar-refractivity contribution is 9.10. The number of H-pyrrole nitrogens is 1. The van der Waals surface area contributed by atoms with E-state index in [1.807, 2.05) is 0 Å². The molecule has 18 heavy (non-hydrogen) atoms. The lowest BCUT2D eigenvalue weighted by Crippen LogP contribution is -2.03. The van der Waals surface area contributed by atoms with E-state index in [1.54, 1.807) is 0 Å². The fraction of sp³-hybridized carbons (Fsp3) is 0.182. The summed E-state index contributed by atoms with van der Waals surface area (Å²) in [6.07, 6.45) is -4.42. The number of nitrogens with one attached hydrogen (secondary N) is 1. The number of halogens is 4. The van der Waals surface area contributed by atoms with Crippen LogP contribution in [0, 0.1) is 0 Å². The molecule has 0 unspecified atom stereocenters. The van der Waals surface area contributed by atoms with E-state index in [-0.39, 0.29) is 15.6 Å². The molecule has 0 radical (unpaired) electrons. The molecule has 0 bridgehead atoms. The number of methoxy groups -OCH3 is 1. The van der Waals surface area contributed by atoms with Gasteiger partial charge in [0.15, 0.2) is 0 Å². The number of carbonyl (C=O) groups is 1. The largest absolute Gasteiger partial charge is 0.464 e. The van der Waals surface area contributed by atoms with Gasteiger partial charge in [0.2, 0.25) is 0 Å². The lowest BCUT2D eigenvalue weighted by atomic mass is 10.1. The summed E-state index contributed by atoms with van der Waals surface area (Å²) in [4.78, 5) is 14.1. The van der Waals surface area contributed by atoms with Crippen molar-refractivity contribution >= 4 is 32.8 Å². The Morgan fingerprint density at radius 1 is 1.39 bits per heavy atom. The van der Waals surface area contributed by atoms with Crippen molar-refractivity contribution in [3.8, 4) is 0 Å². The normalized spacial score (nSPS) is 11.8. The lowest BCUT2D eigenvalue weighted by molar-refractivity contribution is -0.137. The van der Waals surface area contributed by atoms with Crippen molar-refractivity contribution in [1.29, 1.82) is 0 Å². The summed E-state index contributed by atoms with van der Waals surface area (Å²) in [5.41, 5.74) is -0.256. The van der Waals surface area contributed by atoms with Crippen molar-refractivity contribution in [2.45, 2.75) is 6.18 Å². The minimum absolute atomic E-state index is 0.0897. The van der Waals surface area contributed by atoms with Crippen LogP contribution in [0.2, 0.25) is 0 Å². The molecule has 0 aliphatic rings. The fourth-order valence-electron chi connectivity index (χ4n) is 1.58. The molecule has 0 aliphatic carbocycles. The second-order valence-electron chi connectivity index (χ2n) is 3.56. The van der Waals surface area contributed by atoms with Gasteiger partial charge in [-0.05, 0) is 34.1 Å². The zero-order valence-electron chi connectivity index (χ0n) is 9.06. The third-order valence-electron chi connectivity index (χ3n) is 2.45. The molecule has 2 rings (SSSR count). The highest BCUT2D eigenvalue weighted by Crippen LogP contribution is 2.35. The van der Waals surface area contributed by atoms with Crippen molar-refractivity contribution in [2.24, 2.45) is 0 Å². The summed E-state index contributed by atoms with van der Waals surface area (Å²) in [7, 11) is 1.20. The van der Waals surface area contributed by atoms with Crippen LogP contribution in [0.4, 0.5) is 13.2 Å². The number of carbonyl (C=O) groups excluding carboxylic acids is 1. The monoisotopic (exact) mass is 321 g/mol. The van der Waals surface area contributed by atoms with E-state index in [9.17, 15) is 18.0 Å². The number of hydrogen-bond donors (Lipinski definition) is 1. The molecule has 1 aromatic carbocycles. The maximum atomic E-state index is 12.6. The number of rotatable bonds is 1. The SMILES string of the molecule is COC(=O)c1[nH]c2ccc(C(F)(F)F)cc2c1Br. The number of esters is 1. The molecule has 0 spiro atoms. The summed E-state index contributed by atoms with van der Waals surface area (Å²) in [6, 6.07) is 3.20. The number of ether oxygens (including phenoxy) is 1. The number of aromatic amines is 1. The fourth-order valence-corrected chi connectivity index (χ4v) is 2.17. The molecule has 0 saturated heterocycles. The average Bonchev–Trinajstić information content (AvgIpc) is 2.64. The van der Waals surface area contributed by atoms with Crippen molar-refractivity contribution in [2.75, 3.05) is 7.11 Å². The van der Waals surface area contributed by atoms with Gasteiger partial charge in [0.1, 0.15) is 5.69 Å². The number of alkyl halides is 3. The van der Waals surface area contributed by atoms with Crippen LogP contribution in [0.3, 0.4) is 0 Å². The van der Waals surface area contributed by atoms with Crippen molar-refractivity contribution in [1.82, 2.24) is 4.98 Å². The van der Waals surface area contributed by atoms with Crippen LogP contribution in [-0.2, 0) is 10.9 Å². The van der Waals surface area contributed by atoms with Crippen molar-refractivity contribution in [3.63, 3.8) is 0 Å². The van der Waals surface area contributed by atoms with Gasteiger partial charge in [-0.2, -0.15) is 13.2 Å². The van der Waals surface area contributed by atoms with Crippen molar-refractivity contribution in [3.05, 3.63) is 33.9 Å². The topological polar surface area (TPSA) is 42.1 Å². The second kappa shape index (κ2) is 4.31. The smallest absolute Gasteiger partial charge is 0.416 e. The van der Waals surface area contributed by atoms with Gasteiger partial charge >= 0.3 is 12.1 Å². The molecule has 1 N–H and O–H groups in total. The first-order valence-electron chi connectivity index (χ1n) is 4.81. The van der Waals surface area contributed by atoms with Crippen LogP contribution < -0.4 is 0 Å². The standard InChI is InChI=1S/C11H7BrF3NO2/c1-18-10(17)9-8(12)6-4-5(11(13,14)15)2-3-7(6)16-9/h2-4,16H,1H3. The van der Waals surface area contributed by atoms with Crippen LogP contribution in [-0.4, -0.2) is 18.1 Å². The zero-order chi connectivity index (χ0) is 13.5. The Hall–Kier alpha value is -1.50. The Morgan fingerprint density at radius 3 is 2.61 bits per heavy atom. The van der Waals surface area contributed by atoms with E-state index in [4.69, 9.17) is 0 Å². The Labute approximate surface area is 108 Å². The third kappa shape index (κ3) is 2.10. The Kier molecular flexibility index (Phi) is 3.10. The molecule has 96 valence electrons. The highest BCUT2D eigenvalue weighted by Gasteiger charge is 2.31. The average molecular weight is 322 g/mol. The van der Waals surface area contributed by atoms with Crippen LogP contribution in [0.25, 0.3) is 10.9 Å². The summed E-state index contributed by atoms with van der Waals surface area (Å²) in [5, 5.41) is 0.283. The summed E-state index contributed by atoms with van der Waals surface area (Å²) in [5.74, 6) is -0.647. The first kappa shape index (κ1) is 12.9. The van der Waals surface area contributed by atoms with Gasteiger partial charge in [-0.3, -0.25) is 0 Å². The van der Waals surface area contributed by atoms with Gasteiger partial charge in [0.25, 0.3) is 0 Å². The molecule has 0 aliphatic heterocycles. The summed E-state index contributed by atoms with van der Waals surface area (Å²) < 4.78 is 42.5. The Bertz CT molecular complexity index is 619. The van der Waals surface area contributed by atoms with Gasteiger partial charge in [0, 0.05) is 10.9 Å². The van der Waals surface area contributed by atoms with E-state index in [0.717, 1.165) is 12.1 Å². The highest BCUT2D eigenvalue weighted by atomic mass is 79.9. The molecule has 2 aromatic rings. The molecule has 0 atom stereocenters. The number of hydrogen-bond acceptors (Lipinski definition) is 2. The molecule has 3 nitrogen and oxygen atoms in total. The molecular weight excluding hydrogens is 315 g/mol. The third-order valence-corrected chi connectivity index (χ3v) is 3.28. The summed E-state index contributed by atoms with van der Waals surface area (Å²) in [6.45, 7) is 0. The number of benzene rings is 1. The minimum atomic E-state index is -4.42. The van der Waals surface area contributed by atoms with Crippen LogP contribution >= 0.6 is 15.9 Å². The maximum absolute atomic E-state index is 12.6. The van der Waals surface area contributed by atoms with Crippen LogP contribution in [0.5, 0.6) is 0 Å².